The molecule has 0 aliphatic heterocycles. The van der Waals surface area contributed by atoms with Gasteiger partial charge in [-0.15, -0.1) is 0 Å². The van der Waals surface area contributed by atoms with E-state index in [4.69, 9.17) is 16.3 Å². The summed E-state index contributed by atoms with van der Waals surface area (Å²) >= 11 is 5.88. The fourth-order valence-electron chi connectivity index (χ4n) is 2.48. The molecule has 0 bridgehead atoms. The molecular weight excluding hydrogens is 319 g/mol. The van der Waals surface area contributed by atoms with E-state index in [1.54, 1.807) is 38.1 Å². The van der Waals surface area contributed by atoms with Crippen LogP contribution >= 0.6 is 11.6 Å². The van der Waals surface area contributed by atoms with Crippen LogP contribution in [0.1, 0.15) is 30.9 Å². The van der Waals surface area contributed by atoms with Crippen LogP contribution in [0.15, 0.2) is 48.5 Å². The van der Waals surface area contributed by atoms with E-state index in [1.165, 1.54) is 24.3 Å². The topological polar surface area (TPSA) is 46.5 Å². The van der Waals surface area contributed by atoms with Gasteiger partial charge in [-0.05, 0) is 42.3 Å². The van der Waals surface area contributed by atoms with Gasteiger partial charge >= 0.3 is 5.97 Å². The predicted octanol–water partition coefficient (Wildman–Crippen LogP) is 4.03. The lowest BCUT2D eigenvalue weighted by molar-refractivity contribution is -0.168. The number of rotatable bonds is 5. The van der Waals surface area contributed by atoms with Crippen LogP contribution in [0.4, 0.5) is 4.39 Å². The lowest BCUT2D eigenvalue weighted by Crippen LogP contribution is -2.42. The fraction of sp³-hybridized carbons (Fsp3) is 0.278. The van der Waals surface area contributed by atoms with Crippen LogP contribution in [0.25, 0.3) is 0 Å². The third kappa shape index (κ3) is 3.54. The van der Waals surface area contributed by atoms with Crippen molar-refractivity contribution in [3.05, 3.63) is 70.5 Å². The summed E-state index contributed by atoms with van der Waals surface area (Å²) in [6, 6.07) is 12.0. The Morgan fingerprint density at radius 2 is 1.78 bits per heavy atom. The number of esters is 1. The summed E-state index contributed by atoms with van der Waals surface area (Å²) < 4.78 is 18.2. The monoisotopic (exact) mass is 336 g/mol. The van der Waals surface area contributed by atoms with E-state index in [2.05, 4.69) is 0 Å². The maximum atomic E-state index is 13.2. The second-order valence-electron chi connectivity index (χ2n) is 5.27. The van der Waals surface area contributed by atoms with Gasteiger partial charge in [0.2, 0.25) is 0 Å². The van der Waals surface area contributed by atoms with Crippen LogP contribution in [0.3, 0.4) is 0 Å². The molecule has 2 aromatic carbocycles. The summed E-state index contributed by atoms with van der Waals surface area (Å²) in [6.07, 6.45) is 0. The van der Waals surface area contributed by atoms with Crippen molar-refractivity contribution < 1.29 is 19.0 Å². The molecule has 0 radical (unpaired) electrons. The van der Waals surface area contributed by atoms with Gasteiger partial charge in [0.05, 0.1) is 6.61 Å². The Hall–Kier alpha value is -1.91. The molecule has 0 aliphatic rings. The Balaban J connectivity index is 2.50. The first-order valence-corrected chi connectivity index (χ1v) is 7.68. The van der Waals surface area contributed by atoms with Gasteiger partial charge in [-0.3, -0.25) is 0 Å². The highest BCUT2D eigenvalue weighted by atomic mass is 35.5. The first kappa shape index (κ1) is 17.4. The van der Waals surface area contributed by atoms with Crippen LogP contribution in [-0.2, 0) is 15.1 Å². The van der Waals surface area contributed by atoms with Gasteiger partial charge < -0.3 is 9.84 Å². The second kappa shape index (κ2) is 7.11. The number of aliphatic hydroxyl groups is 1. The summed E-state index contributed by atoms with van der Waals surface area (Å²) in [5.41, 5.74) is -0.925. The minimum absolute atomic E-state index is 0.135. The normalized spacial score (nSPS) is 14.8. The van der Waals surface area contributed by atoms with E-state index in [0.29, 0.717) is 10.6 Å². The number of ether oxygens (including phenoxy) is 1. The molecule has 0 fully saturated rings. The highest BCUT2D eigenvalue weighted by molar-refractivity contribution is 6.30. The molecule has 2 aromatic rings. The molecule has 0 saturated carbocycles. The third-order valence-corrected chi connectivity index (χ3v) is 4.12. The molecule has 0 unspecified atom stereocenters. The highest BCUT2D eigenvalue weighted by Gasteiger charge is 2.45. The van der Waals surface area contributed by atoms with E-state index in [9.17, 15) is 14.3 Å². The average Bonchev–Trinajstić information content (AvgIpc) is 2.55. The SMILES string of the molecule is CCOC(=O)[C@](O)(c1ccc(F)cc1)[C@@H](C)c1ccc(Cl)cc1. The Kier molecular flexibility index (Phi) is 5.39. The molecule has 0 amide bonds. The van der Waals surface area contributed by atoms with Gasteiger partial charge in [0.25, 0.3) is 0 Å². The van der Waals surface area contributed by atoms with Gasteiger partial charge in [0, 0.05) is 10.9 Å². The Morgan fingerprint density at radius 1 is 1.22 bits per heavy atom. The molecule has 0 aliphatic carbocycles. The van der Waals surface area contributed by atoms with Crippen molar-refractivity contribution in [2.24, 2.45) is 0 Å². The van der Waals surface area contributed by atoms with Gasteiger partial charge in [-0.1, -0.05) is 42.8 Å². The Labute approximate surface area is 139 Å². The van der Waals surface area contributed by atoms with Crippen LogP contribution in [0, 0.1) is 5.82 Å². The minimum atomic E-state index is -1.92. The largest absolute Gasteiger partial charge is 0.464 e. The minimum Gasteiger partial charge on any atom is -0.464 e. The number of benzene rings is 2. The lowest BCUT2D eigenvalue weighted by Gasteiger charge is -2.32. The van der Waals surface area contributed by atoms with Crippen molar-refractivity contribution in [3.8, 4) is 0 Å². The van der Waals surface area contributed by atoms with Crippen molar-refractivity contribution in [1.82, 2.24) is 0 Å². The molecule has 122 valence electrons. The molecule has 5 heteroatoms. The summed E-state index contributed by atoms with van der Waals surface area (Å²) in [7, 11) is 0. The predicted molar refractivity (Wildman–Crippen MR) is 86.8 cm³/mol. The highest BCUT2D eigenvalue weighted by Crippen LogP contribution is 2.38. The summed E-state index contributed by atoms with van der Waals surface area (Å²) in [6.45, 7) is 3.51. The van der Waals surface area contributed by atoms with E-state index in [0.717, 1.165) is 0 Å². The molecule has 0 spiro atoms. The molecule has 23 heavy (non-hydrogen) atoms. The van der Waals surface area contributed by atoms with Crippen LogP contribution < -0.4 is 0 Å². The number of hydrogen-bond donors (Lipinski definition) is 1. The average molecular weight is 337 g/mol. The number of hydrogen-bond acceptors (Lipinski definition) is 3. The van der Waals surface area contributed by atoms with E-state index in [1.807, 2.05) is 0 Å². The quantitative estimate of drug-likeness (QED) is 0.838. The zero-order chi connectivity index (χ0) is 17.0. The Bertz CT molecular complexity index is 670. The van der Waals surface area contributed by atoms with Crippen molar-refractivity contribution in [1.29, 1.82) is 0 Å². The fourth-order valence-corrected chi connectivity index (χ4v) is 2.61. The molecule has 0 saturated heterocycles. The zero-order valence-corrected chi connectivity index (χ0v) is 13.7. The number of carbonyl (C=O) groups is 1. The second-order valence-corrected chi connectivity index (χ2v) is 5.70. The smallest absolute Gasteiger partial charge is 0.343 e. The molecule has 1 N–H and O–H groups in total. The number of halogens is 2. The van der Waals surface area contributed by atoms with Gasteiger partial charge in [0.15, 0.2) is 5.60 Å². The summed E-state index contributed by atoms with van der Waals surface area (Å²) in [4.78, 5) is 12.4. The van der Waals surface area contributed by atoms with Crippen molar-refractivity contribution in [3.63, 3.8) is 0 Å². The van der Waals surface area contributed by atoms with E-state index in [-0.39, 0.29) is 12.2 Å². The standard InChI is InChI=1S/C18H18ClFO3/c1-3-23-17(21)18(22,14-6-10-16(20)11-7-14)12(2)13-4-8-15(19)9-5-13/h4-12,22H,3H2,1-2H3/t12-,18+/m0/s1. The van der Waals surface area contributed by atoms with E-state index < -0.39 is 23.3 Å². The maximum Gasteiger partial charge on any atom is 0.343 e. The zero-order valence-electron chi connectivity index (χ0n) is 12.9. The first-order chi connectivity index (χ1) is 10.9. The molecule has 2 rings (SSSR count). The van der Waals surface area contributed by atoms with Gasteiger partial charge in [-0.25, -0.2) is 9.18 Å². The Morgan fingerprint density at radius 3 is 2.30 bits per heavy atom. The lowest BCUT2D eigenvalue weighted by atomic mass is 9.78. The van der Waals surface area contributed by atoms with Crippen molar-refractivity contribution in [2.75, 3.05) is 6.61 Å². The molecule has 3 nitrogen and oxygen atoms in total. The van der Waals surface area contributed by atoms with Crippen LogP contribution in [0.2, 0.25) is 5.02 Å². The van der Waals surface area contributed by atoms with Crippen LogP contribution in [0.5, 0.6) is 0 Å². The summed E-state index contributed by atoms with van der Waals surface area (Å²) in [5.74, 6) is -1.82. The van der Waals surface area contributed by atoms with E-state index >= 15 is 0 Å². The van der Waals surface area contributed by atoms with Gasteiger partial charge in [0.1, 0.15) is 5.82 Å². The first-order valence-electron chi connectivity index (χ1n) is 7.30. The molecule has 2 atom stereocenters. The molecular formula is C18H18ClFO3. The third-order valence-electron chi connectivity index (χ3n) is 3.87. The van der Waals surface area contributed by atoms with Crippen LogP contribution in [-0.4, -0.2) is 17.7 Å². The maximum absolute atomic E-state index is 13.2. The molecule has 0 aromatic heterocycles. The summed E-state index contributed by atoms with van der Waals surface area (Å²) in [5, 5.41) is 11.7. The number of carbonyl (C=O) groups excluding carboxylic acids is 1. The molecule has 0 heterocycles. The van der Waals surface area contributed by atoms with Crippen molar-refractivity contribution >= 4 is 17.6 Å². The van der Waals surface area contributed by atoms with Crippen molar-refractivity contribution in [2.45, 2.75) is 25.4 Å². The van der Waals surface area contributed by atoms with Gasteiger partial charge in [-0.2, -0.15) is 0 Å².